The van der Waals surface area contributed by atoms with E-state index in [1.165, 1.54) is 11.1 Å². The van der Waals surface area contributed by atoms with Gasteiger partial charge < -0.3 is 10.4 Å². The van der Waals surface area contributed by atoms with Gasteiger partial charge in [0.1, 0.15) is 0 Å². The summed E-state index contributed by atoms with van der Waals surface area (Å²) < 4.78 is 0. The summed E-state index contributed by atoms with van der Waals surface area (Å²) in [5, 5.41) is 13.9. The van der Waals surface area contributed by atoms with Crippen LogP contribution in [0.3, 0.4) is 0 Å². The average molecular weight is 235 g/mol. The van der Waals surface area contributed by atoms with E-state index in [0.717, 1.165) is 5.56 Å². The predicted octanol–water partition coefficient (Wildman–Crippen LogP) is 2.90. The van der Waals surface area contributed by atoms with Gasteiger partial charge in [0, 0.05) is 12.1 Å². The summed E-state index contributed by atoms with van der Waals surface area (Å²) in [7, 11) is 0. The number of benzene rings is 1. The van der Waals surface area contributed by atoms with E-state index in [2.05, 4.69) is 58.1 Å². The monoisotopic (exact) mass is 235 g/mol. The first-order valence-corrected chi connectivity index (χ1v) is 6.16. The van der Waals surface area contributed by atoms with Crippen LogP contribution < -0.4 is 5.32 Å². The van der Waals surface area contributed by atoms with Gasteiger partial charge in [-0.1, -0.05) is 29.3 Å². The quantitative estimate of drug-likeness (QED) is 0.844. The van der Waals surface area contributed by atoms with Gasteiger partial charge in [-0.15, -0.1) is 0 Å². The lowest BCUT2D eigenvalue weighted by Crippen LogP contribution is -2.44. The normalized spacial score (nSPS) is 15.7. The largest absolute Gasteiger partial charge is 0.384 e. The number of rotatable bonds is 3. The SMILES string of the molecule is Cc1cc(C)cc(C(C)(O)CNC(C)(C)C)c1. The number of aliphatic hydroxyl groups is 1. The van der Waals surface area contributed by atoms with Gasteiger partial charge in [-0.05, 0) is 47.1 Å². The van der Waals surface area contributed by atoms with E-state index in [1.54, 1.807) is 0 Å². The molecule has 0 bridgehead atoms. The van der Waals surface area contributed by atoms with Crippen LogP contribution in [0.4, 0.5) is 0 Å². The molecule has 96 valence electrons. The van der Waals surface area contributed by atoms with Crippen molar-refractivity contribution >= 4 is 0 Å². The molecule has 0 aromatic heterocycles. The van der Waals surface area contributed by atoms with Crippen LogP contribution >= 0.6 is 0 Å². The molecule has 0 amide bonds. The first-order valence-electron chi connectivity index (χ1n) is 6.16. The second kappa shape index (κ2) is 4.79. The molecule has 1 rings (SSSR count). The molecule has 0 aliphatic heterocycles. The highest BCUT2D eigenvalue weighted by molar-refractivity contribution is 5.32. The van der Waals surface area contributed by atoms with Crippen LogP contribution in [0.15, 0.2) is 18.2 Å². The van der Waals surface area contributed by atoms with Gasteiger partial charge in [-0.3, -0.25) is 0 Å². The molecule has 1 aromatic carbocycles. The van der Waals surface area contributed by atoms with E-state index in [0.29, 0.717) is 6.54 Å². The highest BCUT2D eigenvalue weighted by Gasteiger charge is 2.25. The Kier molecular flexibility index (Phi) is 4.00. The third-order valence-electron chi connectivity index (χ3n) is 2.81. The van der Waals surface area contributed by atoms with E-state index >= 15 is 0 Å². The number of hydrogen-bond donors (Lipinski definition) is 2. The van der Waals surface area contributed by atoms with Gasteiger partial charge in [0.2, 0.25) is 0 Å². The van der Waals surface area contributed by atoms with Crippen LogP contribution in [0, 0.1) is 13.8 Å². The molecule has 1 aromatic rings. The van der Waals surface area contributed by atoms with E-state index in [1.807, 2.05) is 6.92 Å². The third kappa shape index (κ3) is 4.49. The van der Waals surface area contributed by atoms with Crippen molar-refractivity contribution in [3.05, 3.63) is 34.9 Å². The van der Waals surface area contributed by atoms with Crippen LogP contribution in [-0.2, 0) is 5.60 Å². The third-order valence-corrected chi connectivity index (χ3v) is 2.81. The second-order valence-corrected chi connectivity index (χ2v) is 6.25. The Labute approximate surface area is 105 Å². The Hall–Kier alpha value is -0.860. The molecular formula is C15H25NO. The Morgan fingerprint density at radius 1 is 1.00 bits per heavy atom. The Morgan fingerprint density at radius 2 is 1.47 bits per heavy atom. The first-order chi connectivity index (χ1) is 7.60. The van der Waals surface area contributed by atoms with Crippen molar-refractivity contribution in [1.29, 1.82) is 0 Å². The molecule has 2 heteroatoms. The van der Waals surface area contributed by atoms with Crippen LogP contribution in [0.5, 0.6) is 0 Å². The van der Waals surface area contributed by atoms with E-state index in [9.17, 15) is 5.11 Å². The topological polar surface area (TPSA) is 32.3 Å². The maximum Gasteiger partial charge on any atom is 0.0992 e. The van der Waals surface area contributed by atoms with Crippen molar-refractivity contribution in [1.82, 2.24) is 5.32 Å². The van der Waals surface area contributed by atoms with Crippen molar-refractivity contribution in [2.75, 3.05) is 6.54 Å². The Balaban J connectivity index is 2.88. The number of aryl methyl sites for hydroxylation is 2. The number of hydrogen-bond acceptors (Lipinski definition) is 2. The highest BCUT2D eigenvalue weighted by Crippen LogP contribution is 2.23. The Bertz CT molecular complexity index is 368. The summed E-state index contributed by atoms with van der Waals surface area (Å²) in [5.41, 5.74) is 2.55. The maximum absolute atomic E-state index is 10.5. The minimum absolute atomic E-state index is 0.0167. The zero-order valence-corrected chi connectivity index (χ0v) is 11.9. The van der Waals surface area contributed by atoms with Crippen molar-refractivity contribution < 1.29 is 5.11 Å². The molecule has 0 aliphatic rings. The van der Waals surface area contributed by atoms with Crippen molar-refractivity contribution in [2.45, 2.75) is 52.7 Å². The standard InChI is InChI=1S/C15H25NO/c1-11-7-12(2)9-13(8-11)15(6,17)10-16-14(3,4)5/h7-9,16-17H,10H2,1-6H3. The van der Waals surface area contributed by atoms with Crippen molar-refractivity contribution in [2.24, 2.45) is 0 Å². The zero-order chi connectivity index (χ0) is 13.3. The second-order valence-electron chi connectivity index (χ2n) is 6.25. The summed E-state index contributed by atoms with van der Waals surface area (Å²) in [6.07, 6.45) is 0. The van der Waals surface area contributed by atoms with Gasteiger partial charge >= 0.3 is 0 Å². The van der Waals surface area contributed by atoms with Gasteiger partial charge in [-0.2, -0.15) is 0 Å². The predicted molar refractivity (Wildman–Crippen MR) is 73.2 cm³/mol. The van der Waals surface area contributed by atoms with E-state index in [-0.39, 0.29) is 5.54 Å². The molecule has 17 heavy (non-hydrogen) atoms. The molecule has 0 saturated heterocycles. The molecule has 0 saturated carbocycles. The lowest BCUT2D eigenvalue weighted by Gasteiger charge is -2.30. The minimum Gasteiger partial charge on any atom is -0.384 e. The van der Waals surface area contributed by atoms with Crippen molar-refractivity contribution in [3.63, 3.8) is 0 Å². The molecule has 0 radical (unpaired) electrons. The van der Waals surface area contributed by atoms with E-state index < -0.39 is 5.60 Å². The summed E-state index contributed by atoms with van der Waals surface area (Å²) >= 11 is 0. The van der Waals surface area contributed by atoms with Crippen LogP contribution in [0.2, 0.25) is 0 Å². The minimum atomic E-state index is -0.829. The fourth-order valence-corrected chi connectivity index (χ4v) is 1.82. The average Bonchev–Trinajstić information content (AvgIpc) is 2.12. The Morgan fingerprint density at radius 3 is 1.88 bits per heavy atom. The first kappa shape index (κ1) is 14.2. The molecule has 2 nitrogen and oxygen atoms in total. The summed E-state index contributed by atoms with van der Waals surface area (Å²) in [6, 6.07) is 6.23. The fraction of sp³-hybridized carbons (Fsp3) is 0.600. The molecule has 0 spiro atoms. The van der Waals surface area contributed by atoms with Gasteiger partial charge in [0.25, 0.3) is 0 Å². The van der Waals surface area contributed by atoms with Gasteiger partial charge in [-0.25, -0.2) is 0 Å². The summed E-state index contributed by atoms with van der Waals surface area (Å²) in [6.45, 7) is 12.8. The molecule has 1 atom stereocenters. The maximum atomic E-state index is 10.5. The number of β-amino-alcohol motifs (C(OH)–C–C–N with tert-alkyl or cyclic N) is 1. The summed E-state index contributed by atoms with van der Waals surface area (Å²) in [4.78, 5) is 0. The lowest BCUT2D eigenvalue weighted by molar-refractivity contribution is 0.0501. The van der Waals surface area contributed by atoms with Crippen LogP contribution in [0.1, 0.15) is 44.4 Å². The van der Waals surface area contributed by atoms with E-state index in [4.69, 9.17) is 0 Å². The molecule has 0 fully saturated rings. The smallest absolute Gasteiger partial charge is 0.0992 e. The zero-order valence-electron chi connectivity index (χ0n) is 11.9. The van der Waals surface area contributed by atoms with Gasteiger partial charge in [0.05, 0.1) is 5.60 Å². The lowest BCUT2D eigenvalue weighted by atomic mass is 9.92. The van der Waals surface area contributed by atoms with Crippen molar-refractivity contribution in [3.8, 4) is 0 Å². The molecule has 2 N–H and O–H groups in total. The number of nitrogens with one attached hydrogen (secondary N) is 1. The molecule has 0 heterocycles. The van der Waals surface area contributed by atoms with Crippen LogP contribution in [0.25, 0.3) is 0 Å². The van der Waals surface area contributed by atoms with Gasteiger partial charge in [0.15, 0.2) is 0 Å². The fourth-order valence-electron chi connectivity index (χ4n) is 1.82. The van der Waals surface area contributed by atoms with Crippen LogP contribution in [-0.4, -0.2) is 17.2 Å². The highest BCUT2D eigenvalue weighted by atomic mass is 16.3. The molecular weight excluding hydrogens is 210 g/mol. The molecule has 0 aliphatic carbocycles. The summed E-state index contributed by atoms with van der Waals surface area (Å²) in [5.74, 6) is 0. The molecule has 1 unspecified atom stereocenters.